The molecule has 0 aromatic heterocycles. The zero-order chi connectivity index (χ0) is 16.0. The van der Waals surface area contributed by atoms with Gasteiger partial charge in [0, 0.05) is 12.1 Å². The SMILES string of the molecule is Cc1ccc(OCC(O)C(F)(F)F)c(CNCC(C)C)c1. The number of rotatable bonds is 7. The lowest BCUT2D eigenvalue weighted by Gasteiger charge is -2.18. The first kappa shape index (κ1) is 17.8. The number of benzene rings is 1. The van der Waals surface area contributed by atoms with Crippen LogP contribution in [-0.2, 0) is 6.54 Å². The quantitative estimate of drug-likeness (QED) is 0.813. The number of aliphatic hydroxyl groups excluding tert-OH is 1. The molecule has 120 valence electrons. The average molecular weight is 305 g/mol. The molecule has 1 aromatic carbocycles. The normalized spacial score (nSPS) is 13.5. The molecule has 0 saturated heterocycles. The van der Waals surface area contributed by atoms with E-state index in [1.807, 2.05) is 13.0 Å². The highest BCUT2D eigenvalue weighted by molar-refractivity contribution is 5.36. The predicted molar refractivity (Wildman–Crippen MR) is 75.3 cm³/mol. The van der Waals surface area contributed by atoms with Gasteiger partial charge in [0.05, 0.1) is 0 Å². The van der Waals surface area contributed by atoms with Gasteiger partial charge in [-0.1, -0.05) is 31.5 Å². The van der Waals surface area contributed by atoms with E-state index in [1.54, 1.807) is 12.1 Å². The molecule has 0 aliphatic carbocycles. The van der Waals surface area contributed by atoms with E-state index in [9.17, 15) is 13.2 Å². The Morgan fingerprint density at radius 3 is 2.52 bits per heavy atom. The first-order valence-electron chi connectivity index (χ1n) is 6.88. The van der Waals surface area contributed by atoms with Crippen LogP contribution in [-0.4, -0.2) is 30.5 Å². The molecule has 0 bridgehead atoms. The first-order chi connectivity index (χ1) is 9.70. The number of aryl methyl sites for hydroxylation is 1. The van der Waals surface area contributed by atoms with Crippen molar-refractivity contribution in [2.45, 2.75) is 39.6 Å². The van der Waals surface area contributed by atoms with Gasteiger partial charge in [0.2, 0.25) is 0 Å². The fraction of sp³-hybridized carbons (Fsp3) is 0.600. The lowest BCUT2D eigenvalue weighted by atomic mass is 10.1. The average Bonchev–Trinajstić information content (AvgIpc) is 2.35. The van der Waals surface area contributed by atoms with Crippen molar-refractivity contribution in [2.24, 2.45) is 5.92 Å². The summed E-state index contributed by atoms with van der Waals surface area (Å²) < 4.78 is 41.9. The maximum atomic E-state index is 12.3. The van der Waals surface area contributed by atoms with Crippen LogP contribution in [0.5, 0.6) is 5.75 Å². The zero-order valence-corrected chi connectivity index (χ0v) is 12.5. The summed E-state index contributed by atoms with van der Waals surface area (Å²) in [6.07, 6.45) is -7.14. The third kappa shape index (κ3) is 6.35. The minimum Gasteiger partial charge on any atom is -0.490 e. The number of hydrogen-bond donors (Lipinski definition) is 2. The van der Waals surface area contributed by atoms with Gasteiger partial charge in [-0.15, -0.1) is 0 Å². The summed E-state index contributed by atoms with van der Waals surface area (Å²) in [5, 5.41) is 12.2. The van der Waals surface area contributed by atoms with Gasteiger partial charge in [-0.2, -0.15) is 13.2 Å². The van der Waals surface area contributed by atoms with Crippen molar-refractivity contribution in [2.75, 3.05) is 13.2 Å². The van der Waals surface area contributed by atoms with E-state index in [-0.39, 0.29) is 0 Å². The Bertz CT molecular complexity index is 447. The van der Waals surface area contributed by atoms with Crippen molar-refractivity contribution in [1.29, 1.82) is 0 Å². The number of hydrogen-bond acceptors (Lipinski definition) is 3. The van der Waals surface area contributed by atoms with Crippen molar-refractivity contribution in [3.8, 4) is 5.75 Å². The van der Waals surface area contributed by atoms with Crippen LogP contribution in [0.15, 0.2) is 18.2 Å². The van der Waals surface area contributed by atoms with Crippen LogP contribution in [0.25, 0.3) is 0 Å². The summed E-state index contributed by atoms with van der Waals surface area (Å²) in [4.78, 5) is 0. The van der Waals surface area contributed by atoms with Gasteiger partial charge in [-0.25, -0.2) is 0 Å². The minimum absolute atomic E-state index is 0.361. The zero-order valence-electron chi connectivity index (χ0n) is 12.5. The highest BCUT2D eigenvalue weighted by atomic mass is 19.4. The van der Waals surface area contributed by atoms with Crippen LogP contribution < -0.4 is 10.1 Å². The van der Waals surface area contributed by atoms with E-state index in [2.05, 4.69) is 19.2 Å². The molecule has 1 atom stereocenters. The third-order valence-electron chi connectivity index (χ3n) is 2.86. The van der Waals surface area contributed by atoms with Crippen molar-refractivity contribution >= 4 is 0 Å². The van der Waals surface area contributed by atoms with Gasteiger partial charge < -0.3 is 15.2 Å². The Morgan fingerprint density at radius 1 is 1.29 bits per heavy atom. The Kier molecular flexibility index (Phi) is 6.48. The van der Waals surface area contributed by atoms with Gasteiger partial charge in [-0.05, 0) is 25.5 Å². The highest BCUT2D eigenvalue weighted by Crippen LogP contribution is 2.24. The maximum absolute atomic E-state index is 12.3. The van der Waals surface area contributed by atoms with Crippen LogP contribution in [0.4, 0.5) is 13.2 Å². The van der Waals surface area contributed by atoms with E-state index < -0.39 is 18.9 Å². The molecule has 0 spiro atoms. The van der Waals surface area contributed by atoms with Crippen molar-refractivity contribution in [3.05, 3.63) is 29.3 Å². The number of aliphatic hydroxyl groups is 1. The first-order valence-corrected chi connectivity index (χ1v) is 6.88. The topological polar surface area (TPSA) is 41.5 Å². The number of ether oxygens (including phenoxy) is 1. The molecular formula is C15H22F3NO2. The highest BCUT2D eigenvalue weighted by Gasteiger charge is 2.38. The molecule has 0 aliphatic rings. The lowest BCUT2D eigenvalue weighted by molar-refractivity contribution is -0.210. The summed E-state index contributed by atoms with van der Waals surface area (Å²) in [6.45, 7) is 6.56. The largest absolute Gasteiger partial charge is 0.490 e. The standard InChI is InChI=1S/C15H22F3NO2/c1-10(2)7-19-8-12-6-11(3)4-5-13(12)21-9-14(20)15(16,17)18/h4-6,10,14,19-20H,7-9H2,1-3H3. The van der Waals surface area contributed by atoms with E-state index in [4.69, 9.17) is 9.84 Å². The van der Waals surface area contributed by atoms with Crippen molar-refractivity contribution in [1.82, 2.24) is 5.32 Å². The smallest absolute Gasteiger partial charge is 0.417 e. The van der Waals surface area contributed by atoms with Gasteiger partial charge in [0.15, 0.2) is 6.10 Å². The molecule has 0 amide bonds. The molecule has 0 fully saturated rings. The molecule has 3 nitrogen and oxygen atoms in total. The molecule has 21 heavy (non-hydrogen) atoms. The summed E-state index contributed by atoms with van der Waals surface area (Å²) in [6, 6.07) is 5.26. The minimum atomic E-state index is -4.67. The molecule has 6 heteroatoms. The van der Waals surface area contributed by atoms with Gasteiger partial charge in [0.25, 0.3) is 0 Å². The Morgan fingerprint density at radius 2 is 1.95 bits per heavy atom. The van der Waals surface area contributed by atoms with Crippen LogP contribution in [0.3, 0.4) is 0 Å². The summed E-state index contributed by atoms with van der Waals surface area (Å²) in [5.74, 6) is 0.839. The second kappa shape index (κ2) is 7.66. The second-order valence-corrected chi connectivity index (χ2v) is 5.50. The van der Waals surface area contributed by atoms with Crippen LogP contribution in [0, 0.1) is 12.8 Å². The number of alkyl halides is 3. The summed E-state index contributed by atoms with van der Waals surface area (Å²) in [5.41, 5.74) is 1.78. The molecule has 1 unspecified atom stereocenters. The monoisotopic (exact) mass is 305 g/mol. The Hall–Kier alpha value is -1.27. The summed E-state index contributed by atoms with van der Waals surface area (Å²) >= 11 is 0. The molecule has 0 aliphatic heterocycles. The maximum Gasteiger partial charge on any atom is 0.417 e. The van der Waals surface area contributed by atoms with Crippen LogP contribution in [0.1, 0.15) is 25.0 Å². The van der Waals surface area contributed by atoms with Crippen LogP contribution >= 0.6 is 0 Å². The van der Waals surface area contributed by atoms with Crippen molar-refractivity contribution in [3.63, 3.8) is 0 Å². The lowest BCUT2D eigenvalue weighted by Crippen LogP contribution is -2.34. The van der Waals surface area contributed by atoms with E-state index in [1.165, 1.54) is 0 Å². The summed E-state index contributed by atoms with van der Waals surface area (Å²) in [7, 11) is 0. The molecule has 0 heterocycles. The van der Waals surface area contributed by atoms with E-state index >= 15 is 0 Å². The van der Waals surface area contributed by atoms with Gasteiger partial charge >= 0.3 is 6.18 Å². The number of nitrogens with one attached hydrogen (secondary N) is 1. The van der Waals surface area contributed by atoms with E-state index in [0.29, 0.717) is 18.2 Å². The van der Waals surface area contributed by atoms with Gasteiger partial charge in [0.1, 0.15) is 12.4 Å². The Labute approximate surface area is 123 Å². The van der Waals surface area contributed by atoms with Gasteiger partial charge in [-0.3, -0.25) is 0 Å². The second-order valence-electron chi connectivity index (χ2n) is 5.50. The molecule has 0 radical (unpaired) electrons. The molecular weight excluding hydrogens is 283 g/mol. The predicted octanol–water partition coefficient (Wildman–Crippen LogP) is 3.04. The fourth-order valence-electron chi connectivity index (χ4n) is 1.75. The Balaban J connectivity index is 2.68. The van der Waals surface area contributed by atoms with E-state index in [0.717, 1.165) is 17.7 Å². The van der Waals surface area contributed by atoms with Crippen LogP contribution in [0.2, 0.25) is 0 Å². The molecule has 1 rings (SSSR count). The third-order valence-corrected chi connectivity index (χ3v) is 2.86. The van der Waals surface area contributed by atoms with Crippen molar-refractivity contribution < 1.29 is 23.0 Å². The number of halogens is 3. The fourth-order valence-corrected chi connectivity index (χ4v) is 1.75. The molecule has 1 aromatic rings. The molecule has 0 saturated carbocycles. The molecule has 2 N–H and O–H groups in total.